The minimum Gasteiger partial charge on any atom is -0.398 e. The summed E-state index contributed by atoms with van der Waals surface area (Å²) in [6, 6.07) is 5.89. The van der Waals surface area contributed by atoms with Crippen molar-refractivity contribution >= 4 is 22.7 Å². The third kappa shape index (κ3) is 3.50. The summed E-state index contributed by atoms with van der Waals surface area (Å²) in [5.74, 6) is 0. The topological polar surface area (TPSA) is 38.0 Å². The molecule has 2 rings (SSSR count). The molecule has 0 saturated carbocycles. The van der Waals surface area contributed by atoms with Crippen LogP contribution < -0.4 is 11.1 Å². The molecule has 0 bridgehead atoms. The number of anilines is 2. The Morgan fingerprint density at radius 3 is 2.38 bits per heavy atom. The number of hydrogen-bond donors (Lipinski definition) is 2. The van der Waals surface area contributed by atoms with Gasteiger partial charge < -0.3 is 11.1 Å². The molecule has 0 amide bonds. The number of alkyl halides is 3. The molecule has 0 saturated heterocycles. The Kier molecular flexibility index (Phi) is 4.18. The van der Waals surface area contributed by atoms with Crippen molar-refractivity contribution in [3.63, 3.8) is 0 Å². The van der Waals surface area contributed by atoms with Gasteiger partial charge in [0, 0.05) is 27.2 Å². The Balaban J connectivity index is 2.26. The Morgan fingerprint density at radius 1 is 1.19 bits per heavy atom. The van der Waals surface area contributed by atoms with E-state index in [9.17, 15) is 13.2 Å². The van der Waals surface area contributed by atoms with Gasteiger partial charge in [-0.15, -0.1) is 11.3 Å². The summed E-state index contributed by atoms with van der Waals surface area (Å²) >= 11 is 1.68. The van der Waals surface area contributed by atoms with Gasteiger partial charge in [-0.2, -0.15) is 13.2 Å². The molecule has 3 N–H and O–H groups in total. The van der Waals surface area contributed by atoms with Crippen LogP contribution >= 0.6 is 11.3 Å². The van der Waals surface area contributed by atoms with E-state index in [1.807, 2.05) is 20.8 Å². The maximum Gasteiger partial charge on any atom is 0.418 e. The Hall–Kier alpha value is -1.69. The molecule has 0 fully saturated rings. The third-order valence-corrected chi connectivity index (χ3v) is 4.27. The van der Waals surface area contributed by atoms with Gasteiger partial charge in [0.25, 0.3) is 0 Å². The van der Waals surface area contributed by atoms with Gasteiger partial charge in [0.2, 0.25) is 0 Å². The summed E-state index contributed by atoms with van der Waals surface area (Å²) in [5, 5.41) is 3.10. The monoisotopic (exact) mass is 314 g/mol. The van der Waals surface area contributed by atoms with Gasteiger partial charge in [-0.25, -0.2) is 0 Å². The van der Waals surface area contributed by atoms with Crippen LogP contribution in [0, 0.1) is 13.8 Å². The normalized spacial score (nSPS) is 13.2. The van der Waals surface area contributed by atoms with Crippen molar-refractivity contribution in [2.75, 3.05) is 11.1 Å². The Morgan fingerprint density at radius 2 is 1.86 bits per heavy atom. The van der Waals surface area contributed by atoms with Crippen molar-refractivity contribution in [3.8, 4) is 0 Å². The van der Waals surface area contributed by atoms with E-state index in [0.29, 0.717) is 5.69 Å². The zero-order valence-corrected chi connectivity index (χ0v) is 12.8. The second-order valence-corrected chi connectivity index (χ2v) is 6.49. The number of nitrogen functional groups attached to an aromatic ring is 1. The maximum atomic E-state index is 12.9. The van der Waals surface area contributed by atoms with Crippen molar-refractivity contribution in [1.82, 2.24) is 0 Å². The van der Waals surface area contributed by atoms with Gasteiger partial charge in [0.05, 0.1) is 5.56 Å². The SMILES string of the molecule is Cc1cc(C(C)Nc2ccc(N)c(C(F)(F)F)c2)c(C)s1. The molecule has 1 heterocycles. The molecular weight excluding hydrogens is 297 g/mol. The average molecular weight is 314 g/mol. The quantitative estimate of drug-likeness (QED) is 0.770. The summed E-state index contributed by atoms with van der Waals surface area (Å²) in [6.45, 7) is 5.95. The second kappa shape index (κ2) is 5.60. The van der Waals surface area contributed by atoms with Gasteiger partial charge in [0.1, 0.15) is 0 Å². The summed E-state index contributed by atoms with van der Waals surface area (Å²) in [7, 11) is 0. The van der Waals surface area contributed by atoms with E-state index >= 15 is 0 Å². The van der Waals surface area contributed by atoms with Crippen LogP contribution in [0.5, 0.6) is 0 Å². The smallest absolute Gasteiger partial charge is 0.398 e. The molecule has 6 heteroatoms. The fourth-order valence-corrected chi connectivity index (χ4v) is 3.32. The van der Waals surface area contributed by atoms with Crippen LogP contribution in [0.3, 0.4) is 0 Å². The highest BCUT2D eigenvalue weighted by Gasteiger charge is 2.33. The van der Waals surface area contributed by atoms with Crippen LogP contribution in [-0.4, -0.2) is 0 Å². The summed E-state index contributed by atoms with van der Waals surface area (Å²) in [5.41, 5.74) is 5.84. The molecule has 1 atom stereocenters. The predicted molar refractivity (Wildman–Crippen MR) is 81.7 cm³/mol. The first-order valence-electron chi connectivity index (χ1n) is 6.48. The molecule has 0 radical (unpaired) electrons. The van der Waals surface area contributed by atoms with Crippen molar-refractivity contribution in [2.24, 2.45) is 0 Å². The second-order valence-electron chi connectivity index (χ2n) is 5.03. The van der Waals surface area contributed by atoms with Crippen molar-refractivity contribution in [1.29, 1.82) is 0 Å². The number of nitrogens with one attached hydrogen (secondary N) is 1. The number of hydrogen-bond acceptors (Lipinski definition) is 3. The van der Waals surface area contributed by atoms with Gasteiger partial charge in [-0.3, -0.25) is 0 Å². The Bertz CT molecular complexity index is 647. The molecule has 0 spiro atoms. The van der Waals surface area contributed by atoms with E-state index in [1.54, 1.807) is 17.4 Å². The fraction of sp³-hybridized carbons (Fsp3) is 0.333. The highest BCUT2D eigenvalue weighted by molar-refractivity contribution is 7.12. The van der Waals surface area contributed by atoms with E-state index in [2.05, 4.69) is 11.4 Å². The average Bonchev–Trinajstić information content (AvgIpc) is 2.69. The number of benzene rings is 1. The van der Waals surface area contributed by atoms with Gasteiger partial charge >= 0.3 is 6.18 Å². The number of aryl methyl sites for hydroxylation is 2. The van der Waals surface area contributed by atoms with E-state index in [0.717, 1.165) is 11.6 Å². The van der Waals surface area contributed by atoms with Crippen LogP contribution in [0.1, 0.15) is 33.8 Å². The van der Waals surface area contributed by atoms with Crippen LogP contribution in [0.25, 0.3) is 0 Å². The zero-order valence-electron chi connectivity index (χ0n) is 12.0. The van der Waals surface area contributed by atoms with Crippen molar-refractivity contribution < 1.29 is 13.2 Å². The van der Waals surface area contributed by atoms with E-state index in [4.69, 9.17) is 5.73 Å². The first-order valence-corrected chi connectivity index (χ1v) is 7.30. The summed E-state index contributed by atoms with van der Waals surface area (Å²) < 4.78 is 38.6. The summed E-state index contributed by atoms with van der Waals surface area (Å²) in [6.07, 6.45) is -4.44. The molecule has 114 valence electrons. The first-order chi connectivity index (χ1) is 9.68. The molecule has 0 aliphatic rings. The highest BCUT2D eigenvalue weighted by Crippen LogP contribution is 2.36. The lowest BCUT2D eigenvalue weighted by molar-refractivity contribution is -0.136. The molecule has 2 nitrogen and oxygen atoms in total. The van der Waals surface area contributed by atoms with Crippen LogP contribution in [0.4, 0.5) is 24.5 Å². The maximum absolute atomic E-state index is 12.9. The van der Waals surface area contributed by atoms with Crippen LogP contribution in [0.15, 0.2) is 24.3 Å². The molecule has 1 aromatic heterocycles. The minimum atomic E-state index is -4.44. The van der Waals surface area contributed by atoms with Gasteiger partial charge in [0.15, 0.2) is 0 Å². The lowest BCUT2D eigenvalue weighted by Gasteiger charge is -2.18. The zero-order chi connectivity index (χ0) is 15.8. The lowest BCUT2D eigenvalue weighted by Crippen LogP contribution is -2.11. The van der Waals surface area contributed by atoms with Gasteiger partial charge in [-0.1, -0.05) is 0 Å². The predicted octanol–water partition coefficient (Wildman–Crippen LogP) is 5.14. The fourth-order valence-electron chi connectivity index (χ4n) is 2.30. The van der Waals surface area contributed by atoms with E-state index < -0.39 is 11.7 Å². The van der Waals surface area contributed by atoms with E-state index in [-0.39, 0.29) is 11.7 Å². The first kappa shape index (κ1) is 15.7. The molecule has 1 aromatic carbocycles. The molecule has 1 unspecified atom stereocenters. The molecular formula is C15H17F3N2S. The number of thiophene rings is 1. The standard InChI is InChI=1S/C15H17F3N2S/c1-8-6-12(10(3)21-8)9(2)20-11-4-5-14(19)13(7-11)15(16,17)18/h4-7,9,20H,19H2,1-3H3. The molecule has 0 aliphatic heterocycles. The van der Waals surface area contributed by atoms with E-state index in [1.165, 1.54) is 15.8 Å². The highest BCUT2D eigenvalue weighted by atomic mass is 32.1. The van der Waals surface area contributed by atoms with Crippen LogP contribution in [-0.2, 0) is 6.18 Å². The van der Waals surface area contributed by atoms with Crippen molar-refractivity contribution in [3.05, 3.63) is 45.1 Å². The lowest BCUT2D eigenvalue weighted by atomic mass is 10.1. The van der Waals surface area contributed by atoms with Crippen molar-refractivity contribution in [2.45, 2.75) is 33.0 Å². The largest absolute Gasteiger partial charge is 0.418 e. The number of rotatable bonds is 3. The van der Waals surface area contributed by atoms with Crippen LogP contribution in [0.2, 0.25) is 0 Å². The van der Waals surface area contributed by atoms with Gasteiger partial charge in [-0.05, 0) is 50.6 Å². The minimum absolute atomic E-state index is 0.0698. The third-order valence-electron chi connectivity index (χ3n) is 3.29. The Labute approximate surface area is 125 Å². The summed E-state index contributed by atoms with van der Waals surface area (Å²) in [4.78, 5) is 2.35. The number of halogens is 3. The number of nitrogens with two attached hydrogens (primary N) is 1. The molecule has 21 heavy (non-hydrogen) atoms. The molecule has 0 aliphatic carbocycles. The molecule has 2 aromatic rings.